The van der Waals surface area contributed by atoms with Crippen molar-refractivity contribution >= 4 is 12.1 Å². The van der Waals surface area contributed by atoms with E-state index in [1.807, 2.05) is 0 Å². The SMILES string of the molecule is COC(=O)[C@]1(NC(=O)OC(C)(C)C)C[C@@H](O)C12CCC2. The summed E-state index contributed by atoms with van der Waals surface area (Å²) in [5, 5.41) is 12.7. The molecular weight excluding hydrogens is 262 g/mol. The first kappa shape index (κ1) is 15.1. The van der Waals surface area contributed by atoms with Crippen LogP contribution in [0.1, 0.15) is 46.5 Å². The number of carbonyl (C=O) groups excluding carboxylic acids is 2. The number of carbonyl (C=O) groups is 2. The minimum Gasteiger partial charge on any atom is -0.467 e. The van der Waals surface area contributed by atoms with Crippen LogP contribution in [-0.4, -0.2) is 41.5 Å². The lowest BCUT2D eigenvalue weighted by Crippen LogP contribution is -2.79. The highest BCUT2D eigenvalue weighted by atomic mass is 16.6. The molecule has 2 fully saturated rings. The molecule has 0 radical (unpaired) electrons. The third-order valence-electron chi connectivity index (χ3n) is 4.48. The minimum atomic E-state index is -1.15. The number of aliphatic hydroxyl groups excluding tert-OH is 1. The highest BCUT2D eigenvalue weighted by molar-refractivity contribution is 5.89. The van der Waals surface area contributed by atoms with Gasteiger partial charge in [0.05, 0.1) is 13.2 Å². The number of ether oxygens (including phenoxy) is 2. The Bertz CT molecular complexity index is 424. The van der Waals surface area contributed by atoms with Crippen molar-refractivity contribution in [2.45, 2.75) is 63.7 Å². The van der Waals surface area contributed by atoms with E-state index in [9.17, 15) is 14.7 Å². The molecule has 2 atom stereocenters. The monoisotopic (exact) mass is 285 g/mol. The maximum atomic E-state index is 12.2. The summed E-state index contributed by atoms with van der Waals surface area (Å²) in [6.45, 7) is 5.27. The van der Waals surface area contributed by atoms with E-state index >= 15 is 0 Å². The summed E-state index contributed by atoms with van der Waals surface area (Å²) in [6, 6.07) is 0. The summed E-state index contributed by atoms with van der Waals surface area (Å²) in [7, 11) is 1.29. The molecule has 1 spiro atoms. The van der Waals surface area contributed by atoms with Gasteiger partial charge >= 0.3 is 12.1 Å². The lowest BCUT2D eigenvalue weighted by Gasteiger charge is -2.64. The van der Waals surface area contributed by atoms with Gasteiger partial charge in [0.1, 0.15) is 5.60 Å². The van der Waals surface area contributed by atoms with Crippen molar-refractivity contribution in [1.82, 2.24) is 5.32 Å². The molecule has 2 saturated carbocycles. The number of esters is 1. The molecule has 0 saturated heterocycles. The van der Waals surface area contributed by atoms with Crippen LogP contribution in [0.3, 0.4) is 0 Å². The van der Waals surface area contributed by atoms with E-state index < -0.39 is 34.7 Å². The normalized spacial score (nSPS) is 30.9. The summed E-state index contributed by atoms with van der Waals surface area (Å²) in [5.41, 5.74) is -2.38. The third-order valence-corrected chi connectivity index (χ3v) is 4.48. The summed E-state index contributed by atoms with van der Waals surface area (Å²) < 4.78 is 10.1. The van der Waals surface area contributed by atoms with Crippen LogP contribution in [-0.2, 0) is 14.3 Å². The zero-order valence-corrected chi connectivity index (χ0v) is 12.5. The van der Waals surface area contributed by atoms with Gasteiger partial charge in [-0.2, -0.15) is 0 Å². The zero-order valence-electron chi connectivity index (χ0n) is 12.5. The summed E-state index contributed by atoms with van der Waals surface area (Å²) in [5.74, 6) is -0.506. The van der Waals surface area contributed by atoms with Crippen molar-refractivity contribution in [1.29, 1.82) is 0 Å². The van der Waals surface area contributed by atoms with Gasteiger partial charge in [-0.1, -0.05) is 6.42 Å². The zero-order chi connectivity index (χ0) is 15.2. The molecule has 114 valence electrons. The van der Waals surface area contributed by atoms with Gasteiger partial charge in [0.2, 0.25) is 0 Å². The quantitative estimate of drug-likeness (QED) is 0.748. The van der Waals surface area contributed by atoms with Crippen molar-refractivity contribution in [3.05, 3.63) is 0 Å². The van der Waals surface area contributed by atoms with Gasteiger partial charge in [-0.3, -0.25) is 0 Å². The van der Waals surface area contributed by atoms with E-state index in [0.717, 1.165) is 6.42 Å². The minimum absolute atomic E-state index is 0.179. The molecule has 0 aliphatic heterocycles. The Morgan fingerprint density at radius 2 is 1.90 bits per heavy atom. The average Bonchev–Trinajstić information content (AvgIpc) is 2.21. The smallest absolute Gasteiger partial charge is 0.408 e. The van der Waals surface area contributed by atoms with E-state index in [4.69, 9.17) is 9.47 Å². The van der Waals surface area contributed by atoms with Crippen LogP contribution in [0.5, 0.6) is 0 Å². The Balaban J connectivity index is 2.18. The number of alkyl carbamates (subject to hydrolysis) is 1. The molecule has 0 heterocycles. The van der Waals surface area contributed by atoms with Gasteiger partial charge in [0.25, 0.3) is 0 Å². The van der Waals surface area contributed by atoms with Gasteiger partial charge in [0, 0.05) is 11.8 Å². The second-order valence-electron chi connectivity index (χ2n) is 6.75. The van der Waals surface area contributed by atoms with Crippen LogP contribution < -0.4 is 5.32 Å². The first-order valence-electron chi connectivity index (χ1n) is 6.94. The van der Waals surface area contributed by atoms with Gasteiger partial charge in [-0.15, -0.1) is 0 Å². The van der Waals surface area contributed by atoms with Crippen molar-refractivity contribution < 1.29 is 24.2 Å². The van der Waals surface area contributed by atoms with Gasteiger partial charge < -0.3 is 19.9 Å². The molecule has 20 heavy (non-hydrogen) atoms. The fourth-order valence-corrected chi connectivity index (χ4v) is 3.32. The first-order valence-corrected chi connectivity index (χ1v) is 6.94. The lowest BCUT2D eigenvalue weighted by molar-refractivity contribution is -0.215. The van der Waals surface area contributed by atoms with Crippen molar-refractivity contribution in [2.75, 3.05) is 7.11 Å². The van der Waals surface area contributed by atoms with Crippen LogP contribution in [0, 0.1) is 5.41 Å². The van der Waals surface area contributed by atoms with Crippen LogP contribution in [0.15, 0.2) is 0 Å². The maximum absolute atomic E-state index is 12.2. The molecule has 1 amide bonds. The number of aliphatic hydroxyl groups is 1. The molecule has 6 nitrogen and oxygen atoms in total. The fraction of sp³-hybridized carbons (Fsp3) is 0.857. The molecule has 2 rings (SSSR count). The molecular formula is C14H23NO5. The molecule has 0 aromatic carbocycles. The Hall–Kier alpha value is -1.30. The molecule has 6 heteroatoms. The largest absolute Gasteiger partial charge is 0.467 e. The van der Waals surface area contributed by atoms with Crippen LogP contribution >= 0.6 is 0 Å². The van der Waals surface area contributed by atoms with E-state index in [1.165, 1.54) is 7.11 Å². The lowest BCUT2D eigenvalue weighted by atomic mass is 9.43. The van der Waals surface area contributed by atoms with Crippen molar-refractivity contribution in [2.24, 2.45) is 5.41 Å². The molecule has 2 aliphatic rings. The van der Waals surface area contributed by atoms with Crippen molar-refractivity contribution in [3.8, 4) is 0 Å². The number of nitrogens with one attached hydrogen (secondary N) is 1. The van der Waals surface area contributed by atoms with E-state index in [0.29, 0.717) is 12.8 Å². The summed E-state index contributed by atoms with van der Waals surface area (Å²) in [4.78, 5) is 24.2. The van der Waals surface area contributed by atoms with Gasteiger partial charge in [-0.25, -0.2) is 9.59 Å². The number of hydrogen-bond donors (Lipinski definition) is 2. The average molecular weight is 285 g/mol. The molecule has 0 bridgehead atoms. The Labute approximate surface area is 118 Å². The molecule has 2 N–H and O–H groups in total. The van der Waals surface area contributed by atoms with Gasteiger partial charge in [-0.05, 0) is 33.6 Å². The predicted molar refractivity (Wildman–Crippen MR) is 71.0 cm³/mol. The van der Waals surface area contributed by atoms with Crippen LogP contribution in [0.4, 0.5) is 4.79 Å². The van der Waals surface area contributed by atoms with E-state index in [1.54, 1.807) is 20.8 Å². The summed E-state index contributed by atoms with van der Waals surface area (Å²) >= 11 is 0. The molecule has 2 aliphatic carbocycles. The fourth-order valence-electron chi connectivity index (χ4n) is 3.32. The van der Waals surface area contributed by atoms with E-state index in [-0.39, 0.29) is 6.42 Å². The highest BCUT2D eigenvalue weighted by Gasteiger charge is 2.72. The second kappa shape index (κ2) is 4.62. The number of hydrogen-bond acceptors (Lipinski definition) is 5. The number of amides is 1. The number of methoxy groups -OCH3 is 1. The molecule has 0 aromatic rings. The Kier molecular flexibility index (Phi) is 3.48. The van der Waals surface area contributed by atoms with Crippen LogP contribution in [0.2, 0.25) is 0 Å². The standard InChI is InChI=1S/C14H23NO5/c1-12(2,3)20-11(18)15-14(10(17)19-4)8-9(16)13(14)6-5-7-13/h9,16H,5-8H2,1-4H3,(H,15,18)/t9-,14-/m1/s1. The second-order valence-corrected chi connectivity index (χ2v) is 6.75. The molecule has 0 unspecified atom stereocenters. The predicted octanol–water partition coefficient (Wildman–Crippen LogP) is 1.36. The topological polar surface area (TPSA) is 84.9 Å². The Morgan fingerprint density at radius 3 is 2.25 bits per heavy atom. The highest BCUT2D eigenvalue weighted by Crippen LogP contribution is 2.62. The maximum Gasteiger partial charge on any atom is 0.408 e. The van der Waals surface area contributed by atoms with Crippen LogP contribution in [0.25, 0.3) is 0 Å². The molecule has 0 aromatic heterocycles. The van der Waals surface area contributed by atoms with Gasteiger partial charge in [0.15, 0.2) is 5.54 Å². The number of rotatable bonds is 2. The van der Waals surface area contributed by atoms with E-state index in [2.05, 4.69) is 5.32 Å². The third kappa shape index (κ3) is 2.06. The first-order chi connectivity index (χ1) is 9.17. The summed E-state index contributed by atoms with van der Waals surface area (Å²) in [6.07, 6.45) is 1.30. The van der Waals surface area contributed by atoms with Crippen molar-refractivity contribution in [3.63, 3.8) is 0 Å². The Morgan fingerprint density at radius 1 is 1.30 bits per heavy atom.